The first kappa shape index (κ1) is 26.6. The highest BCUT2D eigenvalue weighted by Crippen LogP contribution is 2.36. The SMILES string of the molecule is COc1ccc([C@@H](C(=O)Nc2ccc3c(c2)OCO3)N(Cc2ccccc2)C(=O)Cc2ccccc2)cc1OC. The Balaban J connectivity index is 1.56. The molecule has 1 aliphatic heterocycles. The van der Waals surface area contributed by atoms with Crippen molar-refractivity contribution in [3.05, 3.63) is 114 Å². The van der Waals surface area contributed by atoms with Gasteiger partial charge in [0.25, 0.3) is 5.91 Å². The van der Waals surface area contributed by atoms with Crippen molar-refractivity contribution >= 4 is 17.5 Å². The van der Waals surface area contributed by atoms with E-state index >= 15 is 0 Å². The zero-order chi connectivity index (χ0) is 27.9. The van der Waals surface area contributed by atoms with Crippen LogP contribution in [0.25, 0.3) is 0 Å². The summed E-state index contributed by atoms with van der Waals surface area (Å²) >= 11 is 0. The van der Waals surface area contributed by atoms with Crippen molar-refractivity contribution in [3.63, 3.8) is 0 Å². The lowest BCUT2D eigenvalue weighted by Gasteiger charge is -2.32. The highest BCUT2D eigenvalue weighted by Gasteiger charge is 2.33. The summed E-state index contributed by atoms with van der Waals surface area (Å²) in [5, 5.41) is 2.98. The molecule has 8 heteroatoms. The van der Waals surface area contributed by atoms with Gasteiger partial charge in [-0.15, -0.1) is 0 Å². The molecule has 2 amide bonds. The summed E-state index contributed by atoms with van der Waals surface area (Å²) in [6.45, 7) is 0.347. The zero-order valence-electron chi connectivity index (χ0n) is 22.3. The molecule has 0 saturated carbocycles. The predicted molar refractivity (Wildman–Crippen MR) is 151 cm³/mol. The lowest BCUT2D eigenvalue weighted by Crippen LogP contribution is -2.41. The van der Waals surface area contributed by atoms with E-state index in [2.05, 4.69) is 5.32 Å². The molecular weight excluding hydrogens is 508 g/mol. The molecule has 1 aliphatic rings. The summed E-state index contributed by atoms with van der Waals surface area (Å²) in [7, 11) is 3.08. The Morgan fingerprint density at radius 1 is 0.800 bits per heavy atom. The van der Waals surface area contributed by atoms with Gasteiger partial charge < -0.3 is 29.2 Å². The molecule has 0 spiro atoms. The van der Waals surface area contributed by atoms with E-state index in [1.54, 1.807) is 48.4 Å². The number of ether oxygens (including phenoxy) is 4. The van der Waals surface area contributed by atoms with E-state index in [4.69, 9.17) is 18.9 Å². The maximum Gasteiger partial charge on any atom is 0.251 e. The standard InChI is InChI=1S/C32H30N2O6/c1-37-26-15-13-24(18-28(26)38-2)31(32(36)33-25-14-16-27-29(19-25)40-21-39-27)34(20-23-11-7-4-8-12-23)30(35)17-22-9-5-3-6-10-22/h3-16,18-19,31H,17,20-21H2,1-2H3,(H,33,36)/t31-/m0/s1. The predicted octanol–water partition coefficient (Wildman–Crippen LogP) is 5.38. The number of nitrogens with zero attached hydrogens (tertiary/aromatic N) is 1. The van der Waals surface area contributed by atoms with Gasteiger partial charge in [0.2, 0.25) is 12.7 Å². The van der Waals surface area contributed by atoms with Crippen molar-refractivity contribution in [3.8, 4) is 23.0 Å². The summed E-state index contributed by atoms with van der Waals surface area (Å²) in [4.78, 5) is 29.7. The first-order valence-electron chi connectivity index (χ1n) is 12.9. The molecule has 204 valence electrons. The number of anilines is 1. The van der Waals surface area contributed by atoms with Crippen LogP contribution in [-0.2, 0) is 22.6 Å². The van der Waals surface area contributed by atoms with Crippen molar-refractivity contribution in [2.24, 2.45) is 0 Å². The Bertz CT molecular complexity index is 1480. The third kappa shape index (κ3) is 6.02. The fourth-order valence-corrected chi connectivity index (χ4v) is 4.66. The molecule has 1 atom stereocenters. The Labute approximate surface area is 233 Å². The van der Waals surface area contributed by atoms with Crippen LogP contribution in [0.2, 0.25) is 0 Å². The van der Waals surface area contributed by atoms with Crippen LogP contribution in [0.3, 0.4) is 0 Å². The largest absolute Gasteiger partial charge is 0.493 e. The van der Waals surface area contributed by atoms with Gasteiger partial charge >= 0.3 is 0 Å². The third-order valence-electron chi connectivity index (χ3n) is 6.64. The van der Waals surface area contributed by atoms with E-state index in [9.17, 15) is 9.59 Å². The number of fused-ring (bicyclic) bond motifs is 1. The molecule has 40 heavy (non-hydrogen) atoms. The van der Waals surface area contributed by atoms with E-state index in [-0.39, 0.29) is 31.6 Å². The van der Waals surface area contributed by atoms with E-state index in [0.29, 0.717) is 34.2 Å². The fraction of sp³-hybridized carbons (Fsp3) is 0.188. The highest BCUT2D eigenvalue weighted by atomic mass is 16.7. The third-order valence-corrected chi connectivity index (χ3v) is 6.64. The van der Waals surface area contributed by atoms with E-state index in [1.807, 2.05) is 60.7 Å². The summed E-state index contributed by atoms with van der Waals surface area (Å²) in [6.07, 6.45) is 0.134. The molecule has 0 radical (unpaired) electrons. The van der Waals surface area contributed by atoms with Crippen LogP contribution in [0, 0.1) is 0 Å². The van der Waals surface area contributed by atoms with Gasteiger partial charge in [-0.25, -0.2) is 0 Å². The van der Waals surface area contributed by atoms with Gasteiger partial charge in [0.1, 0.15) is 6.04 Å². The van der Waals surface area contributed by atoms with Crippen LogP contribution in [0.1, 0.15) is 22.7 Å². The minimum absolute atomic E-state index is 0.125. The number of rotatable bonds is 10. The number of methoxy groups -OCH3 is 2. The summed E-state index contributed by atoms with van der Waals surface area (Å²) < 4.78 is 21.8. The summed E-state index contributed by atoms with van der Waals surface area (Å²) in [5.74, 6) is 1.54. The van der Waals surface area contributed by atoms with E-state index in [0.717, 1.165) is 11.1 Å². The van der Waals surface area contributed by atoms with Crippen molar-refractivity contribution in [1.82, 2.24) is 4.90 Å². The number of carbonyl (C=O) groups is 2. The Morgan fingerprint density at radius 3 is 2.17 bits per heavy atom. The number of benzene rings is 4. The smallest absolute Gasteiger partial charge is 0.251 e. The molecule has 0 saturated heterocycles. The highest BCUT2D eigenvalue weighted by molar-refractivity contribution is 5.98. The number of carbonyl (C=O) groups excluding carboxylic acids is 2. The van der Waals surface area contributed by atoms with Gasteiger partial charge in [-0.05, 0) is 41.0 Å². The molecule has 4 aromatic carbocycles. The molecule has 0 aliphatic carbocycles. The lowest BCUT2D eigenvalue weighted by molar-refractivity contribution is -0.139. The lowest BCUT2D eigenvalue weighted by atomic mass is 10.0. The minimum Gasteiger partial charge on any atom is -0.493 e. The maximum absolute atomic E-state index is 14.1. The van der Waals surface area contributed by atoms with Crippen LogP contribution in [0.4, 0.5) is 5.69 Å². The van der Waals surface area contributed by atoms with Crippen LogP contribution in [-0.4, -0.2) is 37.7 Å². The molecule has 5 rings (SSSR count). The van der Waals surface area contributed by atoms with Crippen LogP contribution >= 0.6 is 0 Å². The summed E-state index contributed by atoms with van der Waals surface area (Å²) in [6, 6.07) is 28.5. The molecule has 0 fully saturated rings. The van der Waals surface area contributed by atoms with Crippen LogP contribution in [0.5, 0.6) is 23.0 Å². The molecule has 1 N–H and O–H groups in total. The Morgan fingerprint density at radius 2 is 1.48 bits per heavy atom. The molecule has 1 heterocycles. The van der Waals surface area contributed by atoms with Gasteiger partial charge in [0.15, 0.2) is 23.0 Å². The van der Waals surface area contributed by atoms with Gasteiger partial charge in [-0.2, -0.15) is 0 Å². The average Bonchev–Trinajstić information content (AvgIpc) is 3.46. The molecular formula is C32H30N2O6. The van der Waals surface area contributed by atoms with Crippen molar-refractivity contribution in [2.75, 3.05) is 26.3 Å². The van der Waals surface area contributed by atoms with Gasteiger partial charge in [0, 0.05) is 18.3 Å². The number of hydrogen-bond acceptors (Lipinski definition) is 6. The molecule has 8 nitrogen and oxygen atoms in total. The minimum atomic E-state index is -0.985. The second kappa shape index (κ2) is 12.3. The number of hydrogen-bond donors (Lipinski definition) is 1. The first-order valence-corrected chi connectivity index (χ1v) is 12.9. The average molecular weight is 539 g/mol. The number of nitrogens with one attached hydrogen (secondary N) is 1. The first-order chi connectivity index (χ1) is 19.6. The van der Waals surface area contributed by atoms with E-state index < -0.39 is 6.04 Å². The topological polar surface area (TPSA) is 86.3 Å². The molecule has 0 aromatic heterocycles. The quantitative estimate of drug-likeness (QED) is 0.292. The van der Waals surface area contributed by atoms with Crippen LogP contribution in [0.15, 0.2) is 97.1 Å². The Kier molecular flexibility index (Phi) is 8.15. The molecule has 0 bridgehead atoms. The summed E-state index contributed by atoms with van der Waals surface area (Å²) in [5.41, 5.74) is 2.85. The zero-order valence-corrected chi connectivity index (χ0v) is 22.3. The van der Waals surface area contributed by atoms with Crippen LogP contribution < -0.4 is 24.3 Å². The maximum atomic E-state index is 14.1. The number of amides is 2. The van der Waals surface area contributed by atoms with Gasteiger partial charge in [-0.3, -0.25) is 9.59 Å². The van der Waals surface area contributed by atoms with E-state index in [1.165, 1.54) is 7.11 Å². The van der Waals surface area contributed by atoms with Crippen molar-refractivity contribution < 1.29 is 28.5 Å². The Hall–Kier alpha value is -4.98. The van der Waals surface area contributed by atoms with Gasteiger partial charge in [-0.1, -0.05) is 66.7 Å². The molecule has 0 unspecified atom stereocenters. The second-order valence-corrected chi connectivity index (χ2v) is 9.24. The van der Waals surface area contributed by atoms with Crippen molar-refractivity contribution in [1.29, 1.82) is 0 Å². The second-order valence-electron chi connectivity index (χ2n) is 9.24. The monoisotopic (exact) mass is 538 g/mol. The molecule has 4 aromatic rings. The normalized spacial score (nSPS) is 12.3. The van der Waals surface area contributed by atoms with Gasteiger partial charge in [0.05, 0.1) is 20.6 Å². The fourth-order valence-electron chi connectivity index (χ4n) is 4.66. The van der Waals surface area contributed by atoms with Crippen molar-refractivity contribution in [2.45, 2.75) is 19.0 Å².